The number of rotatable bonds is 5. The highest BCUT2D eigenvalue weighted by Crippen LogP contribution is 2.32. The van der Waals surface area contributed by atoms with Crippen molar-refractivity contribution in [2.75, 3.05) is 13.7 Å². The Kier molecular flexibility index (Phi) is 4.27. The average molecular weight is 267 g/mol. The van der Waals surface area contributed by atoms with Crippen LogP contribution in [0.2, 0.25) is 0 Å². The van der Waals surface area contributed by atoms with Gasteiger partial charge < -0.3 is 14.3 Å². The minimum absolute atomic E-state index is 0.0522. The highest BCUT2D eigenvalue weighted by atomic mass is 16.5. The Morgan fingerprint density at radius 3 is 2.79 bits per heavy atom. The van der Waals surface area contributed by atoms with Gasteiger partial charge in [-0.1, -0.05) is 12.8 Å². The second kappa shape index (κ2) is 5.75. The van der Waals surface area contributed by atoms with Gasteiger partial charge in [0.1, 0.15) is 5.76 Å². The molecule has 5 nitrogen and oxygen atoms in total. The Labute approximate surface area is 112 Å². The van der Waals surface area contributed by atoms with Gasteiger partial charge in [0.15, 0.2) is 0 Å². The highest BCUT2D eigenvalue weighted by molar-refractivity contribution is 5.86. The van der Waals surface area contributed by atoms with Crippen LogP contribution in [-0.2, 0) is 4.74 Å². The van der Waals surface area contributed by atoms with Crippen molar-refractivity contribution in [1.29, 1.82) is 0 Å². The lowest BCUT2D eigenvalue weighted by molar-refractivity contribution is 0.0561. The SMILES string of the molecule is COC(=O)c1ccc(C(C)NC2(CO)CCCC2)o1. The zero-order valence-corrected chi connectivity index (χ0v) is 11.4. The minimum Gasteiger partial charge on any atom is -0.463 e. The molecule has 0 aliphatic heterocycles. The third kappa shape index (κ3) is 2.98. The molecular weight excluding hydrogens is 246 g/mol. The van der Waals surface area contributed by atoms with E-state index in [9.17, 15) is 9.90 Å². The molecule has 1 aliphatic carbocycles. The van der Waals surface area contributed by atoms with Crippen LogP contribution in [0.3, 0.4) is 0 Å². The Balaban J connectivity index is 2.05. The van der Waals surface area contributed by atoms with E-state index < -0.39 is 5.97 Å². The van der Waals surface area contributed by atoms with Crippen LogP contribution in [0.4, 0.5) is 0 Å². The zero-order chi connectivity index (χ0) is 13.9. The van der Waals surface area contributed by atoms with Crippen LogP contribution in [0.1, 0.15) is 55.0 Å². The summed E-state index contributed by atoms with van der Waals surface area (Å²) in [6.45, 7) is 2.09. The van der Waals surface area contributed by atoms with Crippen LogP contribution in [0.5, 0.6) is 0 Å². The maximum atomic E-state index is 11.3. The largest absolute Gasteiger partial charge is 0.463 e. The predicted octanol–water partition coefficient (Wildman–Crippen LogP) is 2.02. The maximum absolute atomic E-state index is 11.3. The van der Waals surface area contributed by atoms with E-state index in [2.05, 4.69) is 10.1 Å². The summed E-state index contributed by atoms with van der Waals surface area (Å²) < 4.78 is 10.1. The third-order valence-electron chi connectivity index (χ3n) is 3.83. The number of furan rings is 1. The maximum Gasteiger partial charge on any atom is 0.373 e. The van der Waals surface area contributed by atoms with Crippen LogP contribution in [0.25, 0.3) is 0 Å². The molecular formula is C14H21NO4. The number of aliphatic hydroxyl groups is 1. The summed E-state index contributed by atoms with van der Waals surface area (Å²) in [6, 6.07) is 3.33. The van der Waals surface area contributed by atoms with Crippen LogP contribution in [-0.4, -0.2) is 30.3 Å². The van der Waals surface area contributed by atoms with Gasteiger partial charge in [-0.3, -0.25) is 5.32 Å². The van der Waals surface area contributed by atoms with E-state index in [1.165, 1.54) is 7.11 Å². The molecule has 0 bridgehead atoms. The molecule has 1 aliphatic rings. The first-order valence-electron chi connectivity index (χ1n) is 6.67. The first kappa shape index (κ1) is 14.1. The molecule has 1 aromatic rings. The van der Waals surface area contributed by atoms with Crippen molar-refractivity contribution < 1.29 is 19.1 Å². The van der Waals surface area contributed by atoms with Crippen molar-refractivity contribution in [3.8, 4) is 0 Å². The van der Waals surface area contributed by atoms with E-state index in [1.807, 2.05) is 6.92 Å². The summed E-state index contributed by atoms with van der Waals surface area (Å²) in [5.74, 6) is 0.409. The summed E-state index contributed by atoms with van der Waals surface area (Å²) >= 11 is 0. The van der Waals surface area contributed by atoms with E-state index >= 15 is 0 Å². The van der Waals surface area contributed by atoms with Crippen molar-refractivity contribution in [3.05, 3.63) is 23.7 Å². The molecule has 19 heavy (non-hydrogen) atoms. The van der Waals surface area contributed by atoms with Gasteiger partial charge in [0.05, 0.1) is 19.8 Å². The Morgan fingerprint density at radius 2 is 2.21 bits per heavy atom. The van der Waals surface area contributed by atoms with E-state index in [1.54, 1.807) is 12.1 Å². The van der Waals surface area contributed by atoms with Crippen LogP contribution >= 0.6 is 0 Å². The van der Waals surface area contributed by atoms with Crippen molar-refractivity contribution in [1.82, 2.24) is 5.32 Å². The van der Waals surface area contributed by atoms with Gasteiger partial charge in [-0.2, -0.15) is 0 Å². The molecule has 1 unspecified atom stereocenters. The quantitative estimate of drug-likeness (QED) is 0.799. The summed E-state index contributed by atoms with van der Waals surface area (Å²) in [6.07, 6.45) is 4.20. The zero-order valence-electron chi connectivity index (χ0n) is 11.4. The molecule has 1 heterocycles. The van der Waals surface area contributed by atoms with Crippen molar-refractivity contribution in [2.24, 2.45) is 0 Å². The fourth-order valence-corrected chi connectivity index (χ4v) is 2.73. The fourth-order valence-electron chi connectivity index (χ4n) is 2.73. The molecule has 5 heteroatoms. The van der Waals surface area contributed by atoms with Gasteiger partial charge in [0.25, 0.3) is 0 Å². The van der Waals surface area contributed by atoms with Gasteiger partial charge in [-0.15, -0.1) is 0 Å². The lowest BCUT2D eigenvalue weighted by Gasteiger charge is -2.31. The van der Waals surface area contributed by atoms with E-state index in [-0.39, 0.29) is 23.9 Å². The normalized spacial score (nSPS) is 19.3. The number of nitrogens with one attached hydrogen (secondary N) is 1. The smallest absolute Gasteiger partial charge is 0.373 e. The fraction of sp³-hybridized carbons (Fsp3) is 0.643. The number of carbonyl (C=O) groups is 1. The molecule has 0 saturated heterocycles. The van der Waals surface area contributed by atoms with Gasteiger partial charge >= 0.3 is 5.97 Å². The molecule has 0 radical (unpaired) electrons. The number of methoxy groups -OCH3 is 1. The number of hydrogen-bond acceptors (Lipinski definition) is 5. The summed E-state index contributed by atoms with van der Waals surface area (Å²) in [7, 11) is 1.32. The first-order valence-corrected chi connectivity index (χ1v) is 6.67. The Hall–Kier alpha value is -1.33. The second-order valence-electron chi connectivity index (χ2n) is 5.21. The molecule has 0 amide bonds. The van der Waals surface area contributed by atoms with Crippen LogP contribution in [0, 0.1) is 0 Å². The number of esters is 1. The Bertz CT molecular complexity index is 434. The van der Waals surface area contributed by atoms with Gasteiger partial charge in [0, 0.05) is 5.54 Å². The molecule has 106 valence electrons. The Morgan fingerprint density at radius 1 is 1.53 bits per heavy atom. The first-order chi connectivity index (χ1) is 9.10. The molecule has 1 atom stereocenters. The predicted molar refractivity (Wildman–Crippen MR) is 69.9 cm³/mol. The lowest BCUT2D eigenvalue weighted by atomic mass is 9.97. The van der Waals surface area contributed by atoms with Crippen molar-refractivity contribution >= 4 is 5.97 Å². The number of aliphatic hydroxyl groups excluding tert-OH is 1. The van der Waals surface area contributed by atoms with Gasteiger partial charge in [-0.05, 0) is 31.9 Å². The number of hydrogen-bond donors (Lipinski definition) is 2. The minimum atomic E-state index is -0.476. The van der Waals surface area contributed by atoms with Crippen LogP contribution in [0.15, 0.2) is 16.5 Å². The highest BCUT2D eigenvalue weighted by Gasteiger charge is 2.34. The number of ether oxygens (including phenoxy) is 1. The molecule has 0 aromatic carbocycles. The van der Waals surface area contributed by atoms with Gasteiger partial charge in [0.2, 0.25) is 5.76 Å². The molecule has 2 N–H and O–H groups in total. The van der Waals surface area contributed by atoms with E-state index in [4.69, 9.17) is 4.42 Å². The molecule has 2 rings (SSSR count). The standard InChI is InChI=1S/C14H21NO4/c1-10(15-14(9-16)7-3-4-8-14)11-5-6-12(19-11)13(17)18-2/h5-6,10,15-16H,3-4,7-9H2,1-2H3. The third-order valence-corrected chi connectivity index (χ3v) is 3.83. The summed E-state index contributed by atoms with van der Waals surface area (Å²) in [5.41, 5.74) is -0.211. The molecule has 1 saturated carbocycles. The number of carbonyl (C=O) groups excluding carboxylic acids is 1. The topological polar surface area (TPSA) is 71.7 Å². The van der Waals surface area contributed by atoms with Crippen molar-refractivity contribution in [2.45, 2.75) is 44.2 Å². The van der Waals surface area contributed by atoms with Crippen molar-refractivity contribution in [3.63, 3.8) is 0 Å². The summed E-state index contributed by atoms with van der Waals surface area (Å²) in [4.78, 5) is 11.3. The van der Waals surface area contributed by atoms with Crippen LogP contribution < -0.4 is 5.32 Å². The molecule has 0 spiro atoms. The van der Waals surface area contributed by atoms with E-state index in [0.717, 1.165) is 25.7 Å². The molecule has 1 fully saturated rings. The summed E-state index contributed by atoms with van der Waals surface area (Å²) in [5, 5.41) is 13.0. The van der Waals surface area contributed by atoms with Gasteiger partial charge in [-0.25, -0.2) is 4.79 Å². The lowest BCUT2D eigenvalue weighted by Crippen LogP contribution is -2.47. The van der Waals surface area contributed by atoms with E-state index in [0.29, 0.717) is 5.76 Å². The average Bonchev–Trinajstić information content (AvgIpc) is 3.07. The monoisotopic (exact) mass is 267 g/mol. The second-order valence-corrected chi connectivity index (χ2v) is 5.21. The molecule has 1 aromatic heterocycles.